The normalized spacial score (nSPS) is 24.9. The maximum absolute atomic E-state index is 13.8. The minimum absolute atomic E-state index is 0.0355. The highest BCUT2D eigenvalue weighted by atomic mass is 32.1. The summed E-state index contributed by atoms with van der Waals surface area (Å²) >= 11 is 5.17. The van der Waals surface area contributed by atoms with E-state index in [4.69, 9.17) is 40.1 Å². The molecule has 200 valence electrons. The van der Waals surface area contributed by atoms with Crippen molar-refractivity contribution in [2.45, 2.75) is 64.3 Å². The van der Waals surface area contributed by atoms with Crippen LogP contribution in [0.4, 0.5) is 0 Å². The molecule has 1 fully saturated rings. The van der Waals surface area contributed by atoms with Crippen LogP contribution >= 0.6 is 20.0 Å². The van der Waals surface area contributed by atoms with Crippen LogP contribution in [0, 0.1) is 18.3 Å². The van der Waals surface area contributed by atoms with E-state index in [9.17, 15) is 19.3 Å². The minimum Gasteiger partial charge on any atom is -0.462 e. The van der Waals surface area contributed by atoms with Gasteiger partial charge in [0.1, 0.15) is 17.9 Å². The van der Waals surface area contributed by atoms with E-state index in [1.807, 2.05) is 0 Å². The highest BCUT2D eigenvalue weighted by molar-refractivity contribution is 7.71. The zero-order valence-electron chi connectivity index (χ0n) is 22.5. The standard InChI is InChI=1S/C23H29N4O8PS/c1-13(2)33-22(30)15(4)26-36(31,35-16-9-7-6-8-10-16)32-12-17-19(28)18(24-5)21(34-17)27-11-14(3)20(29)25-23(27)37/h6-11,13,15,17-19,21,28H,12H2,1-4H3,(H,26,31)(H,25,29,37)/t15-,17-,18+,19?,21-,36+/m0/s1/i12D2. The highest BCUT2D eigenvalue weighted by Crippen LogP contribution is 2.46. The number of hydrogen-bond donors (Lipinski definition) is 3. The van der Waals surface area contributed by atoms with Gasteiger partial charge in [-0.3, -0.25) is 23.7 Å². The van der Waals surface area contributed by atoms with Gasteiger partial charge in [-0.1, -0.05) is 18.2 Å². The van der Waals surface area contributed by atoms with Crippen LogP contribution in [0.25, 0.3) is 4.85 Å². The van der Waals surface area contributed by atoms with Gasteiger partial charge >= 0.3 is 13.7 Å². The molecule has 0 amide bonds. The van der Waals surface area contributed by atoms with Gasteiger partial charge in [0.25, 0.3) is 11.6 Å². The second-order valence-electron chi connectivity index (χ2n) is 8.48. The van der Waals surface area contributed by atoms with Gasteiger partial charge < -0.3 is 23.9 Å². The molecule has 2 heterocycles. The van der Waals surface area contributed by atoms with Crippen LogP contribution in [0.3, 0.4) is 0 Å². The number of nitrogens with one attached hydrogen (secondary N) is 2. The Morgan fingerprint density at radius 2 is 2.08 bits per heavy atom. The average molecular weight is 555 g/mol. The first-order chi connectivity index (χ1) is 18.2. The minimum atomic E-state index is -4.71. The molecule has 1 aliphatic rings. The quantitative estimate of drug-likeness (QED) is 0.173. The van der Waals surface area contributed by atoms with Crippen LogP contribution in [-0.2, 0) is 23.4 Å². The van der Waals surface area contributed by atoms with E-state index < -0.39 is 62.5 Å². The van der Waals surface area contributed by atoms with E-state index in [0.29, 0.717) is 0 Å². The molecular formula is C23H29N4O8PS. The summed E-state index contributed by atoms with van der Waals surface area (Å²) in [5.41, 5.74) is -0.222. The summed E-state index contributed by atoms with van der Waals surface area (Å²) in [6.07, 6.45) is -4.10. The van der Waals surface area contributed by atoms with E-state index in [0.717, 1.165) is 0 Å². The molecule has 3 rings (SSSR count). The van der Waals surface area contributed by atoms with Crippen molar-refractivity contribution in [1.82, 2.24) is 14.6 Å². The number of para-hydroxylation sites is 1. The van der Waals surface area contributed by atoms with Gasteiger partial charge in [0, 0.05) is 11.8 Å². The van der Waals surface area contributed by atoms with Crippen molar-refractivity contribution >= 4 is 25.9 Å². The molecule has 1 unspecified atom stereocenters. The first-order valence-corrected chi connectivity index (χ1v) is 13.2. The first-order valence-electron chi connectivity index (χ1n) is 12.2. The van der Waals surface area contributed by atoms with E-state index >= 15 is 0 Å². The second kappa shape index (κ2) is 12.1. The van der Waals surface area contributed by atoms with E-state index in [1.54, 1.807) is 32.0 Å². The number of carbonyl (C=O) groups is 1. The molecule has 37 heavy (non-hydrogen) atoms. The molecule has 6 atom stereocenters. The third kappa shape index (κ3) is 7.13. The molecule has 0 bridgehead atoms. The van der Waals surface area contributed by atoms with Gasteiger partial charge in [-0.15, -0.1) is 0 Å². The van der Waals surface area contributed by atoms with Crippen LogP contribution in [-0.4, -0.2) is 57.6 Å². The molecule has 2 aromatic rings. The fourth-order valence-corrected chi connectivity index (χ4v) is 4.95. The number of carbonyl (C=O) groups excluding carboxylic acids is 1. The Morgan fingerprint density at radius 1 is 1.41 bits per heavy atom. The summed E-state index contributed by atoms with van der Waals surface area (Å²) in [5.74, 6) is -0.757. The van der Waals surface area contributed by atoms with Gasteiger partial charge in [-0.2, -0.15) is 5.09 Å². The number of aromatic nitrogens is 2. The van der Waals surface area contributed by atoms with E-state index in [-0.39, 0.29) is 16.1 Å². The van der Waals surface area contributed by atoms with Crippen molar-refractivity contribution < 1.29 is 35.7 Å². The summed E-state index contributed by atoms with van der Waals surface area (Å²) in [5, 5.41) is 13.3. The Morgan fingerprint density at radius 3 is 2.70 bits per heavy atom. The number of ether oxygens (including phenoxy) is 2. The number of benzene rings is 1. The van der Waals surface area contributed by atoms with Gasteiger partial charge in [0.2, 0.25) is 6.23 Å². The molecule has 1 aromatic heterocycles. The maximum Gasteiger partial charge on any atom is 0.459 e. The maximum atomic E-state index is 13.8. The van der Waals surface area contributed by atoms with Gasteiger partial charge in [0.15, 0.2) is 10.9 Å². The number of H-pyrrole nitrogens is 1. The third-order valence-electron chi connectivity index (χ3n) is 5.12. The molecular weight excluding hydrogens is 523 g/mol. The van der Waals surface area contributed by atoms with Gasteiger partial charge in [-0.25, -0.2) is 11.1 Å². The number of aliphatic hydroxyl groups excluding tert-OH is 1. The summed E-state index contributed by atoms with van der Waals surface area (Å²) in [6, 6.07) is 5.09. The fraction of sp³-hybridized carbons (Fsp3) is 0.478. The number of aliphatic hydroxyl groups is 1. The van der Waals surface area contributed by atoms with Crippen molar-refractivity contribution in [1.29, 1.82) is 0 Å². The lowest BCUT2D eigenvalue weighted by molar-refractivity contribution is -0.149. The first kappa shape index (κ1) is 25.8. The van der Waals surface area contributed by atoms with Gasteiger partial charge in [0.05, 0.1) is 15.4 Å². The van der Waals surface area contributed by atoms with Crippen LogP contribution in [0.5, 0.6) is 5.75 Å². The zero-order chi connectivity index (χ0) is 29.1. The molecule has 1 aliphatic heterocycles. The Kier molecular flexibility index (Phi) is 8.45. The number of aryl methyl sites for hydroxylation is 1. The van der Waals surface area contributed by atoms with Crippen molar-refractivity contribution in [3.8, 4) is 5.75 Å². The Labute approximate surface area is 221 Å². The highest BCUT2D eigenvalue weighted by Gasteiger charge is 2.51. The number of esters is 1. The largest absolute Gasteiger partial charge is 0.462 e. The smallest absolute Gasteiger partial charge is 0.459 e. The number of aromatic amines is 1. The SMILES string of the molecule is [2H]C([2H])(O[P@](=O)(N[C@@H](C)C(=O)OC(C)C)Oc1ccccc1)[C@@H]1O[C@H](n2cc(C)c(=O)[nH]c2=S)[C@H]([N+]#[C-])C1O. The van der Waals surface area contributed by atoms with Crippen LogP contribution in [0.15, 0.2) is 41.3 Å². The number of hydrogen-bond acceptors (Lipinski definition) is 9. The van der Waals surface area contributed by atoms with Crippen LogP contribution in [0.1, 0.15) is 35.3 Å². The predicted octanol–water partition coefficient (Wildman–Crippen LogP) is 2.89. The molecule has 0 aliphatic carbocycles. The summed E-state index contributed by atoms with van der Waals surface area (Å²) < 4.78 is 53.7. The van der Waals surface area contributed by atoms with Crippen LogP contribution in [0.2, 0.25) is 0 Å². The Hall–Kier alpha value is -2.85. The molecule has 0 spiro atoms. The molecule has 14 heteroatoms. The average Bonchev–Trinajstić information content (AvgIpc) is 3.17. The zero-order valence-corrected chi connectivity index (χ0v) is 22.2. The Bertz CT molecular complexity index is 1400. The van der Waals surface area contributed by atoms with Crippen LogP contribution < -0.4 is 15.2 Å². The second-order valence-corrected chi connectivity index (χ2v) is 10.5. The fourth-order valence-electron chi connectivity index (χ4n) is 3.34. The molecule has 1 saturated heterocycles. The molecule has 1 aromatic carbocycles. The van der Waals surface area contributed by atoms with Crippen molar-refractivity contribution in [2.75, 3.05) is 6.56 Å². The topological polar surface area (TPSA) is 145 Å². The number of nitrogens with zero attached hydrogens (tertiary/aromatic N) is 2. The van der Waals surface area contributed by atoms with E-state index in [1.165, 1.54) is 36.7 Å². The molecule has 3 N–H and O–H groups in total. The monoisotopic (exact) mass is 554 g/mol. The molecule has 0 radical (unpaired) electrons. The summed E-state index contributed by atoms with van der Waals surface area (Å²) in [7, 11) is -4.71. The third-order valence-corrected chi connectivity index (χ3v) is 6.94. The number of rotatable bonds is 10. The lowest BCUT2D eigenvalue weighted by Crippen LogP contribution is -2.37. The molecule has 0 saturated carbocycles. The van der Waals surface area contributed by atoms with Crippen molar-refractivity contribution in [3.05, 3.63) is 68.6 Å². The molecule has 12 nitrogen and oxygen atoms in total. The van der Waals surface area contributed by atoms with E-state index in [2.05, 4.69) is 14.9 Å². The van der Waals surface area contributed by atoms with Crippen molar-refractivity contribution in [3.63, 3.8) is 0 Å². The van der Waals surface area contributed by atoms with Gasteiger partial charge in [-0.05, 0) is 52.0 Å². The predicted molar refractivity (Wildman–Crippen MR) is 135 cm³/mol. The summed E-state index contributed by atoms with van der Waals surface area (Å²) in [6.45, 7) is 10.6. The van der Waals surface area contributed by atoms with Crippen molar-refractivity contribution in [2.24, 2.45) is 0 Å². The Balaban J connectivity index is 1.94. The lowest BCUT2D eigenvalue weighted by Gasteiger charge is -2.24. The lowest BCUT2D eigenvalue weighted by atomic mass is 10.1. The summed E-state index contributed by atoms with van der Waals surface area (Å²) in [4.78, 5) is 30.1.